The zero-order chi connectivity index (χ0) is 12.4. The van der Waals surface area contributed by atoms with Crippen LogP contribution in [0.1, 0.15) is 0 Å². The normalized spacial score (nSPS) is 35.6. The predicted molar refractivity (Wildman–Crippen MR) is 51.9 cm³/mol. The van der Waals surface area contributed by atoms with Crippen molar-refractivity contribution in [1.29, 1.82) is 0 Å². The Morgan fingerprint density at radius 3 is 2.53 bits per heavy atom. The van der Waals surface area contributed by atoms with E-state index in [1.54, 1.807) is 0 Å². The highest BCUT2D eigenvalue weighted by molar-refractivity contribution is 6.63. The van der Waals surface area contributed by atoms with Gasteiger partial charge in [0.05, 0.1) is 13.2 Å². The van der Waals surface area contributed by atoms with Crippen molar-refractivity contribution < 1.29 is 28.9 Å². The number of carbonyl (C=O) groups is 1. The molecule has 0 N–H and O–H groups in total. The van der Waals surface area contributed by atoms with Crippen molar-refractivity contribution in [2.75, 3.05) is 19.8 Å². The summed E-state index contributed by atoms with van der Waals surface area (Å²) in [6, 6.07) is 0. The molecule has 2 fully saturated rings. The molecule has 0 amide bonds. The minimum absolute atomic E-state index is 0.0605. The lowest BCUT2D eigenvalue weighted by atomic mass is 10.1. The summed E-state index contributed by atoms with van der Waals surface area (Å²) < 4.78 is 15.8. The standard InChI is InChI=1S/C8H10ClNO7/c9-6(11)3-14-4-1-15-8-5(17-10(12)13)2-16-7(4)8/h4-5,7-8H,1-3H2/t4-,5+,7+,8+/m0/s1. The van der Waals surface area contributed by atoms with Gasteiger partial charge in [-0.05, 0) is 11.6 Å². The monoisotopic (exact) mass is 267 g/mol. The molecule has 0 aromatic heterocycles. The van der Waals surface area contributed by atoms with Crippen molar-refractivity contribution in [3.63, 3.8) is 0 Å². The maximum atomic E-state index is 10.5. The molecule has 0 aromatic carbocycles. The van der Waals surface area contributed by atoms with Crippen molar-refractivity contribution >= 4 is 16.8 Å². The third-order valence-corrected chi connectivity index (χ3v) is 2.70. The molecular formula is C8H10ClNO7. The van der Waals surface area contributed by atoms with Gasteiger partial charge in [0.25, 0.3) is 5.09 Å². The Labute approximate surface area is 101 Å². The summed E-state index contributed by atoms with van der Waals surface area (Å²) >= 11 is 5.14. The lowest BCUT2D eigenvalue weighted by Gasteiger charge is -2.15. The van der Waals surface area contributed by atoms with Gasteiger partial charge in [-0.3, -0.25) is 4.79 Å². The highest BCUT2D eigenvalue weighted by Crippen LogP contribution is 2.30. The lowest BCUT2D eigenvalue weighted by molar-refractivity contribution is -0.769. The van der Waals surface area contributed by atoms with Crippen LogP contribution in [0.3, 0.4) is 0 Å². The quantitative estimate of drug-likeness (QED) is 0.377. The molecule has 2 saturated heterocycles. The number of fused-ring (bicyclic) bond motifs is 1. The molecular weight excluding hydrogens is 258 g/mol. The van der Waals surface area contributed by atoms with Gasteiger partial charge < -0.3 is 19.0 Å². The number of nitrogens with zero attached hydrogens (tertiary/aromatic N) is 1. The van der Waals surface area contributed by atoms with Crippen molar-refractivity contribution in [2.24, 2.45) is 0 Å². The first-order valence-electron chi connectivity index (χ1n) is 4.92. The fourth-order valence-electron chi connectivity index (χ4n) is 1.95. The van der Waals surface area contributed by atoms with Crippen molar-refractivity contribution in [2.45, 2.75) is 24.4 Å². The molecule has 2 aliphatic heterocycles. The zero-order valence-electron chi connectivity index (χ0n) is 8.61. The first-order valence-corrected chi connectivity index (χ1v) is 5.30. The Kier molecular flexibility index (Phi) is 3.77. The van der Waals surface area contributed by atoms with E-state index < -0.39 is 34.7 Å². The Morgan fingerprint density at radius 2 is 1.94 bits per heavy atom. The van der Waals surface area contributed by atoms with Crippen LogP contribution in [-0.4, -0.2) is 54.6 Å². The van der Waals surface area contributed by atoms with Crippen molar-refractivity contribution in [1.82, 2.24) is 0 Å². The van der Waals surface area contributed by atoms with Gasteiger partial charge in [-0.2, -0.15) is 0 Å². The summed E-state index contributed by atoms with van der Waals surface area (Å²) in [4.78, 5) is 25.2. The molecule has 0 aliphatic carbocycles. The van der Waals surface area contributed by atoms with Crippen LogP contribution in [0.25, 0.3) is 0 Å². The number of halogens is 1. The Bertz CT molecular complexity index is 325. The van der Waals surface area contributed by atoms with Gasteiger partial charge in [-0.25, -0.2) is 0 Å². The highest BCUT2D eigenvalue weighted by Gasteiger charge is 2.50. The smallest absolute Gasteiger partial charge is 0.294 e. The van der Waals surface area contributed by atoms with E-state index in [9.17, 15) is 14.9 Å². The number of rotatable bonds is 5. The van der Waals surface area contributed by atoms with Gasteiger partial charge in [0.2, 0.25) is 5.24 Å². The number of hydrogen-bond donors (Lipinski definition) is 0. The Balaban J connectivity index is 1.88. The van der Waals surface area contributed by atoms with E-state index in [0.29, 0.717) is 0 Å². The van der Waals surface area contributed by atoms with Gasteiger partial charge >= 0.3 is 0 Å². The highest BCUT2D eigenvalue weighted by atomic mass is 35.5. The van der Waals surface area contributed by atoms with E-state index in [4.69, 9.17) is 25.8 Å². The van der Waals surface area contributed by atoms with Crippen LogP contribution in [0.2, 0.25) is 0 Å². The molecule has 2 rings (SSSR count). The summed E-state index contributed by atoms with van der Waals surface area (Å²) in [5.41, 5.74) is 0. The summed E-state index contributed by atoms with van der Waals surface area (Å²) in [7, 11) is 0. The minimum atomic E-state index is -0.879. The summed E-state index contributed by atoms with van der Waals surface area (Å²) in [5, 5.41) is 8.72. The molecule has 96 valence electrons. The van der Waals surface area contributed by atoms with E-state index >= 15 is 0 Å². The Hall–Kier alpha value is -0.960. The van der Waals surface area contributed by atoms with E-state index in [2.05, 4.69) is 4.84 Å². The van der Waals surface area contributed by atoms with E-state index in [0.717, 1.165) is 0 Å². The van der Waals surface area contributed by atoms with E-state index in [-0.39, 0.29) is 19.8 Å². The molecule has 2 heterocycles. The first kappa shape index (κ1) is 12.5. The molecule has 0 unspecified atom stereocenters. The number of ether oxygens (including phenoxy) is 3. The molecule has 0 radical (unpaired) electrons. The van der Waals surface area contributed by atoms with Crippen LogP contribution in [0.5, 0.6) is 0 Å². The Morgan fingerprint density at radius 1 is 1.35 bits per heavy atom. The van der Waals surface area contributed by atoms with Crippen LogP contribution in [-0.2, 0) is 23.8 Å². The van der Waals surface area contributed by atoms with Gasteiger partial charge in [-0.15, -0.1) is 10.1 Å². The number of carbonyl (C=O) groups excluding carboxylic acids is 1. The van der Waals surface area contributed by atoms with E-state index in [1.807, 2.05) is 0 Å². The minimum Gasteiger partial charge on any atom is -0.370 e. The molecule has 17 heavy (non-hydrogen) atoms. The lowest BCUT2D eigenvalue weighted by Crippen LogP contribution is -2.35. The summed E-state index contributed by atoms with van der Waals surface area (Å²) in [6.45, 7) is 0.00495. The molecule has 0 aromatic rings. The van der Waals surface area contributed by atoms with Crippen LogP contribution >= 0.6 is 11.6 Å². The van der Waals surface area contributed by atoms with Crippen LogP contribution in [0, 0.1) is 10.1 Å². The zero-order valence-corrected chi connectivity index (χ0v) is 9.37. The topological polar surface area (TPSA) is 97.1 Å². The largest absolute Gasteiger partial charge is 0.370 e. The third kappa shape index (κ3) is 2.83. The number of hydrogen-bond acceptors (Lipinski definition) is 7. The van der Waals surface area contributed by atoms with Crippen molar-refractivity contribution in [3.8, 4) is 0 Å². The average Bonchev–Trinajstić information content (AvgIpc) is 2.78. The van der Waals surface area contributed by atoms with Gasteiger partial charge in [0.15, 0.2) is 6.10 Å². The third-order valence-electron chi connectivity index (χ3n) is 2.59. The second kappa shape index (κ2) is 5.13. The van der Waals surface area contributed by atoms with Crippen LogP contribution < -0.4 is 0 Å². The van der Waals surface area contributed by atoms with Crippen molar-refractivity contribution in [3.05, 3.63) is 10.1 Å². The molecule has 4 atom stereocenters. The fourth-order valence-corrected chi connectivity index (χ4v) is 2.01. The molecule has 9 heteroatoms. The molecule has 0 bridgehead atoms. The van der Waals surface area contributed by atoms with Gasteiger partial charge in [0, 0.05) is 0 Å². The maximum Gasteiger partial charge on any atom is 0.294 e. The second-order valence-corrected chi connectivity index (χ2v) is 4.09. The summed E-state index contributed by atoms with van der Waals surface area (Å²) in [5.74, 6) is 0. The second-order valence-electron chi connectivity index (χ2n) is 3.67. The predicted octanol–water partition coefficient (Wildman–Crippen LogP) is -0.489. The maximum absolute atomic E-state index is 10.5. The summed E-state index contributed by atoms with van der Waals surface area (Å²) in [6.07, 6.45) is -2.22. The molecule has 8 nitrogen and oxygen atoms in total. The van der Waals surface area contributed by atoms with Crippen LogP contribution in [0.15, 0.2) is 0 Å². The molecule has 0 spiro atoms. The average molecular weight is 268 g/mol. The van der Waals surface area contributed by atoms with Crippen LogP contribution in [0.4, 0.5) is 0 Å². The first-order chi connectivity index (χ1) is 8.08. The van der Waals surface area contributed by atoms with Gasteiger partial charge in [0.1, 0.15) is 24.9 Å². The SMILES string of the molecule is O=C(Cl)CO[C@H]1CO[C@H]2[C@@H]1OC[C@H]2O[N+](=O)[O-]. The molecule has 0 saturated carbocycles. The fraction of sp³-hybridized carbons (Fsp3) is 0.875. The molecule has 2 aliphatic rings. The van der Waals surface area contributed by atoms with Gasteiger partial charge in [-0.1, -0.05) is 0 Å². The van der Waals surface area contributed by atoms with E-state index in [1.165, 1.54) is 0 Å².